The van der Waals surface area contributed by atoms with Crippen molar-refractivity contribution in [1.82, 2.24) is 4.90 Å². The molecule has 0 spiro atoms. The molecule has 0 atom stereocenters. The highest BCUT2D eigenvalue weighted by molar-refractivity contribution is 6.30. The molecule has 1 aliphatic rings. The number of likely N-dealkylation sites (N-methyl/N-ethyl adjacent to an activating group) is 1. The number of nitrogens with zero attached hydrogens (tertiary/aromatic N) is 2. The van der Waals surface area contributed by atoms with Gasteiger partial charge in [0.05, 0.1) is 13.2 Å². The van der Waals surface area contributed by atoms with Gasteiger partial charge in [0.2, 0.25) is 0 Å². The van der Waals surface area contributed by atoms with Gasteiger partial charge in [-0.25, -0.2) is 0 Å². The molecule has 144 valence electrons. The average Bonchev–Trinajstić information content (AvgIpc) is 2.68. The number of amides is 1. The monoisotopic (exact) mass is 388 g/mol. The summed E-state index contributed by atoms with van der Waals surface area (Å²) in [4.78, 5) is 16.4. The molecule has 1 fully saturated rings. The molecule has 1 saturated heterocycles. The summed E-state index contributed by atoms with van der Waals surface area (Å²) < 4.78 is 11.0. The fourth-order valence-electron chi connectivity index (χ4n) is 3.02. The van der Waals surface area contributed by atoms with E-state index in [1.54, 1.807) is 24.1 Å². The maximum absolute atomic E-state index is 12.4. The van der Waals surface area contributed by atoms with Crippen molar-refractivity contribution in [2.45, 2.75) is 13.5 Å². The van der Waals surface area contributed by atoms with E-state index in [9.17, 15) is 4.79 Å². The first-order valence-corrected chi connectivity index (χ1v) is 9.45. The van der Waals surface area contributed by atoms with Gasteiger partial charge in [0.1, 0.15) is 5.75 Å². The zero-order valence-corrected chi connectivity index (χ0v) is 16.5. The van der Waals surface area contributed by atoms with Crippen LogP contribution in [-0.4, -0.2) is 50.8 Å². The van der Waals surface area contributed by atoms with Gasteiger partial charge in [0.15, 0.2) is 6.61 Å². The number of ether oxygens (including phenoxy) is 2. The first-order chi connectivity index (χ1) is 13.0. The van der Waals surface area contributed by atoms with E-state index in [4.69, 9.17) is 21.1 Å². The first-order valence-electron chi connectivity index (χ1n) is 9.07. The summed E-state index contributed by atoms with van der Waals surface area (Å²) in [6.07, 6.45) is 0. The van der Waals surface area contributed by atoms with Crippen LogP contribution in [-0.2, 0) is 16.1 Å². The number of anilines is 1. The van der Waals surface area contributed by atoms with E-state index in [0.29, 0.717) is 17.3 Å². The normalized spacial score (nSPS) is 14.1. The maximum atomic E-state index is 12.4. The molecule has 6 heteroatoms. The molecule has 1 aliphatic heterocycles. The second-order valence-electron chi connectivity index (χ2n) is 6.71. The summed E-state index contributed by atoms with van der Waals surface area (Å²) in [5, 5.41) is 0.656. The van der Waals surface area contributed by atoms with E-state index in [0.717, 1.165) is 37.4 Å². The topological polar surface area (TPSA) is 42.0 Å². The number of hydrogen-bond donors (Lipinski definition) is 0. The second kappa shape index (κ2) is 9.11. The Balaban J connectivity index is 1.51. The summed E-state index contributed by atoms with van der Waals surface area (Å²) in [7, 11) is 1.79. The molecular formula is C21H25ClN2O3. The predicted octanol–water partition coefficient (Wildman–Crippen LogP) is 3.52. The van der Waals surface area contributed by atoms with Crippen molar-refractivity contribution in [3.8, 4) is 5.75 Å². The predicted molar refractivity (Wildman–Crippen MR) is 108 cm³/mol. The third kappa shape index (κ3) is 5.37. The molecule has 1 amide bonds. The zero-order valence-electron chi connectivity index (χ0n) is 15.8. The molecule has 0 aliphatic carbocycles. The molecule has 3 rings (SSSR count). The standard InChI is InChI=1S/C21H25ClN2O3/c1-16-13-18(22)5-8-20(16)27-15-21(25)23(2)14-17-3-6-19(7-4-17)24-9-11-26-12-10-24/h3-8,13H,9-12,14-15H2,1-2H3. The fraction of sp³-hybridized carbons (Fsp3) is 0.381. The van der Waals surface area contributed by atoms with Crippen LogP contribution in [0, 0.1) is 6.92 Å². The Bertz CT molecular complexity index is 773. The van der Waals surface area contributed by atoms with Crippen LogP contribution in [0.5, 0.6) is 5.75 Å². The third-order valence-electron chi connectivity index (χ3n) is 4.65. The molecule has 5 nitrogen and oxygen atoms in total. The van der Waals surface area contributed by atoms with Gasteiger partial charge in [-0.05, 0) is 48.4 Å². The molecule has 0 bridgehead atoms. The molecule has 0 aromatic heterocycles. The van der Waals surface area contributed by atoms with Crippen molar-refractivity contribution in [3.63, 3.8) is 0 Å². The molecule has 0 N–H and O–H groups in total. The van der Waals surface area contributed by atoms with E-state index < -0.39 is 0 Å². The van der Waals surface area contributed by atoms with Crippen LogP contribution < -0.4 is 9.64 Å². The summed E-state index contributed by atoms with van der Waals surface area (Å²) in [5.74, 6) is 0.609. The van der Waals surface area contributed by atoms with Crippen molar-refractivity contribution < 1.29 is 14.3 Å². The average molecular weight is 389 g/mol. The van der Waals surface area contributed by atoms with Crippen LogP contribution in [0.25, 0.3) is 0 Å². The lowest BCUT2D eigenvalue weighted by molar-refractivity contribution is -0.132. The highest BCUT2D eigenvalue weighted by Crippen LogP contribution is 2.22. The molecule has 2 aromatic carbocycles. The summed E-state index contributed by atoms with van der Waals surface area (Å²) in [6, 6.07) is 13.7. The smallest absolute Gasteiger partial charge is 0.260 e. The third-order valence-corrected chi connectivity index (χ3v) is 4.88. The Morgan fingerprint density at radius 3 is 2.56 bits per heavy atom. The molecule has 0 radical (unpaired) electrons. The molecule has 2 aromatic rings. The lowest BCUT2D eigenvalue weighted by Gasteiger charge is -2.29. The fourth-order valence-corrected chi connectivity index (χ4v) is 3.25. The van der Waals surface area contributed by atoms with E-state index >= 15 is 0 Å². The number of carbonyl (C=O) groups is 1. The quantitative estimate of drug-likeness (QED) is 0.759. The molecular weight excluding hydrogens is 364 g/mol. The Morgan fingerprint density at radius 2 is 1.89 bits per heavy atom. The van der Waals surface area contributed by atoms with E-state index in [-0.39, 0.29) is 12.5 Å². The van der Waals surface area contributed by atoms with Crippen LogP contribution in [0.15, 0.2) is 42.5 Å². The van der Waals surface area contributed by atoms with Crippen LogP contribution in [0.2, 0.25) is 5.02 Å². The lowest BCUT2D eigenvalue weighted by atomic mass is 10.1. The van der Waals surface area contributed by atoms with Gasteiger partial charge in [-0.1, -0.05) is 23.7 Å². The number of rotatable bonds is 6. The van der Waals surface area contributed by atoms with Crippen molar-refractivity contribution in [2.75, 3.05) is 44.9 Å². The van der Waals surface area contributed by atoms with Crippen molar-refractivity contribution in [2.24, 2.45) is 0 Å². The van der Waals surface area contributed by atoms with Gasteiger partial charge in [-0.2, -0.15) is 0 Å². The number of hydrogen-bond acceptors (Lipinski definition) is 4. The minimum absolute atomic E-state index is 0.00480. The van der Waals surface area contributed by atoms with Crippen molar-refractivity contribution >= 4 is 23.2 Å². The summed E-state index contributed by atoms with van der Waals surface area (Å²) in [5.41, 5.74) is 3.19. The van der Waals surface area contributed by atoms with Gasteiger partial charge < -0.3 is 19.3 Å². The first kappa shape index (κ1) is 19.5. The van der Waals surface area contributed by atoms with E-state index in [1.807, 2.05) is 13.0 Å². The summed E-state index contributed by atoms with van der Waals surface area (Å²) in [6.45, 7) is 5.83. The van der Waals surface area contributed by atoms with Crippen LogP contribution in [0.3, 0.4) is 0 Å². The molecule has 0 unspecified atom stereocenters. The Hall–Kier alpha value is -2.24. The highest BCUT2D eigenvalue weighted by atomic mass is 35.5. The van der Waals surface area contributed by atoms with Crippen LogP contribution >= 0.6 is 11.6 Å². The van der Waals surface area contributed by atoms with Crippen LogP contribution in [0.4, 0.5) is 5.69 Å². The Labute approximate surface area is 165 Å². The zero-order chi connectivity index (χ0) is 19.2. The minimum atomic E-state index is -0.0680. The van der Waals surface area contributed by atoms with Gasteiger partial charge in [-0.3, -0.25) is 4.79 Å². The summed E-state index contributed by atoms with van der Waals surface area (Å²) >= 11 is 5.94. The Kier molecular flexibility index (Phi) is 6.58. The molecule has 27 heavy (non-hydrogen) atoms. The van der Waals surface area contributed by atoms with E-state index in [2.05, 4.69) is 29.2 Å². The van der Waals surface area contributed by atoms with Gasteiger partial charge >= 0.3 is 0 Å². The number of benzene rings is 2. The SMILES string of the molecule is Cc1cc(Cl)ccc1OCC(=O)N(C)Cc1ccc(N2CCOCC2)cc1. The number of aryl methyl sites for hydroxylation is 1. The van der Waals surface area contributed by atoms with Crippen LogP contribution in [0.1, 0.15) is 11.1 Å². The van der Waals surface area contributed by atoms with Crippen molar-refractivity contribution in [1.29, 1.82) is 0 Å². The second-order valence-corrected chi connectivity index (χ2v) is 7.15. The molecule has 1 heterocycles. The highest BCUT2D eigenvalue weighted by Gasteiger charge is 2.13. The lowest BCUT2D eigenvalue weighted by Crippen LogP contribution is -2.36. The minimum Gasteiger partial charge on any atom is -0.483 e. The van der Waals surface area contributed by atoms with E-state index in [1.165, 1.54) is 5.69 Å². The number of morpholine rings is 1. The number of carbonyl (C=O) groups excluding carboxylic acids is 1. The van der Waals surface area contributed by atoms with Gasteiger partial charge in [0, 0.05) is 37.4 Å². The van der Waals surface area contributed by atoms with Gasteiger partial charge in [0.25, 0.3) is 5.91 Å². The molecule has 0 saturated carbocycles. The Morgan fingerprint density at radius 1 is 1.19 bits per heavy atom. The van der Waals surface area contributed by atoms with Crippen molar-refractivity contribution in [3.05, 3.63) is 58.6 Å². The number of halogens is 1. The maximum Gasteiger partial charge on any atom is 0.260 e. The van der Waals surface area contributed by atoms with Gasteiger partial charge in [-0.15, -0.1) is 0 Å². The largest absolute Gasteiger partial charge is 0.483 e.